The van der Waals surface area contributed by atoms with Gasteiger partial charge in [-0.1, -0.05) is 12.1 Å². The number of nitro groups is 1. The molecule has 7 nitrogen and oxygen atoms in total. The Balaban J connectivity index is 2.90. The average Bonchev–Trinajstić information content (AvgIpc) is 2.30. The maximum atomic E-state index is 10.8. The Kier molecular flexibility index (Phi) is 4.61. The first-order valence-corrected chi connectivity index (χ1v) is 5.20. The molecule has 0 radical (unpaired) electrons. The lowest BCUT2D eigenvalue weighted by atomic mass is 10.1. The highest BCUT2D eigenvalue weighted by molar-refractivity contribution is 5.74. The number of carboxylic acids is 1. The molecule has 0 saturated heterocycles. The number of nitrogens with one attached hydrogen (secondary N) is 1. The van der Waals surface area contributed by atoms with Crippen LogP contribution < -0.4 is 5.32 Å². The first kappa shape index (κ1) is 13.9. The zero-order valence-electron chi connectivity index (χ0n) is 10.0. The zero-order chi connectivity index (χ0) is 13.7. The molecule has 7 heteroatoms. The van der Waals surface area contributed by atoms with Crippen molar-refractivity contribution in [3.63, 3.8) is 0 Å². The molecule has 0 aliphatic heterocycles. The van der Waals surface area contributed by atoms with Crippen molar-refractivity contribution in [1.82, 2.24) is 0 Å². The number of hydrogen-bond acceptors (Lipinski definition) is 5. The second kappa shape index (κ2) is 5.97. The molecule has 2 N–H and O–H groups in total. The van der Waals surface area contributed by atoms with Crippen molar-refractivity contribution in [2.75, 3.05) is 19.0 Å². The number of nitrogens with zero attached hydrogens (tertiary/aromatic N) is 1. The normalized spacial score (nSPS) is 11.9. The summed E-state index contributed by atoms with van der Waals surface area (Å²) in [5.41, 5.74) is 0.894. The van der Waals surface area contributed by atoms with Crippen molar-refractivity contribution in [1.29, 1.82) is 0 Å². The summed E-state index contributed by atoms with van der Waals surface area (Å²) < 4.78 is 4.74. The van der Waals surface area contributed by atoms with E-state index in [0.29, 0.717) is 11.3 Å². The van der Waals surface area contributed by atoms with Crippen LogP contribution in [-0.2, 0) is 9.53 Å². The first-order valence-electron chi connectivity index (χ1n) is 5.20. The molecule has 1 aromatic rings. The predicted molar refractivity (Wildman–Crippen MR) is 64.8 cm³/mol. The Morgan fingerprint density at radius 3 is 2.78 bits per heavy atom. The third-order valence-corrected chi connectivity index (χ3v) is 2.47. The zero-order valence-corrected chi connectivity index (χ0v) is 10.0. The molecule has 0 saturated carbocycles. The van der Waals surface area contributed by atoms with E-state index in [0.717, 1.165) is 0 Å². The number of ether oxygens (including phenoxy) is 1. The van der Waals surface area contributed by atoms with Crippen molar-refractivity contribution < 1.29 is 19.6 Å². The van der Waals surface area contributed by atoms with Crippen LogP contribution in [0, 0.1) is 17.0 Å². The van der Waals surface area contributed by atoms with Gasteiger partial charge in [-0.3, -0.25) is 10.1 Å². The second-order valence-corrected chi connectivity index (χ2v) is 3.67. The van der Waals surface area contributed by atoms with Crippen molar-refractivity contribution in [3.05, 3.63) is 33.9 Å². The number of para-hydroxylation sites is 1. The van der Waals surface area contributed by atoms with Crippen molar-refractivity contribution in [3.8, 4) is 0 Å². The molecule has 1 rings (SSSR count). The quantitative estimate of drug-likeness (QED) is 0.588. The van der Waals surface area contributed by atoms with Crippen LogP contribution in [0.2, 0.25) is 0 Å². The van der Waals surface area contributed by atoms with Gasteiger partial charge in [0.2, 0.25) is 0 Å². The Bertz CT molecular complexity index is 461. The number of rotatable bonds is 6. The molecule has 18 heavy (non-hydrogen) atoms. The van der Waals surface area contributed by atoms with Crippen molar-refractivity contribution >= 4 is 17.3 Å². The lowest BCUT2D eigenvalue weighted by Crippen LogP contribution is -2.30. The molecule has 0 heterocycles. The molecule has 0 aliphatic carbocycles. The van der Waals surface area contributed by atoms with Gasteiger partial charge in [0.05, 0.1) is 11.5 Å². The maximum absolute atomic E-state index is 10.8. The van der Waals surface area contributed by atoms with E-state index >= 15 is 0 Å². The van der Waals surface area contributed by atoms with Gasteiger partial charge in [0, 0.05) is 13.2 Å². The highest BCUT2D eigenvalue weighted by atomic mass is 16.6. The van der Waals surface area contributed by atoms with Crippen LogP contribution in [0.3, 0.4) is 0 Å². The van der Waals surface area contributed by atoms with Gasteiger partial charge in [-0.2, -0.15) is 0 Å². The fraction of sp³-hybridized carbons (Fsp3) is 0.364. The highest BCUT2D eigenvalue weighted by Crippen LogP contribution is 2.27. The molecule has 0 spiro atoms. The fourth-order valence-electron chi connectivity index (χ4n) is 1.50. The Hall–Kier alpha value is -2.15. The summed E-state index contributed by atoms with van der Waals surface area (Å²) in [6.45, 7) is 1.66. The maximum Gasteiger partial charge on any atom is 0.334 e. The Morgan fingerprint density at radius 2 is 2.28 bits per heavy atom. The molecule has 0 bridgehead atoms. The van der Waals surface area contributed by atoms with Crippen LogP contribution in [0.4, 0.5) is 11.4 Å². The molecule has 0 aromatic heterocycles. The summed E-state index contributed by atoms with van der Waals surface area (Å²) in [5.74, 6) is -1.12. The lowest BCUT2D eigenvalue weighted by Gasteiger charge is -2.14. The van der Waals surface area contributed by atoms with Gasteiger partial charge >= 0.3 is 5.97 Å². The summed E-state index contributed by atoms with van der Waals surface area (Å²) in [5, 5.41) is 22.4. The molecule has 0 fully saturated rings. The van der Waals surface area contributed by atoms with E-state index in [2.05, 4.69) is 5.32 Å². The summed E-state index contributed by atoms with van der Waals surface area (Å²) in [7, 11) is 1.27. The minimum atomic E-state index is -1.12. The number of nitro benzene ring substituents is 1. The third kappa shape index (κ3) is 3.17. The minimum absolute atomic E-state index is 0.0441. The molecule has 0 aliphatic rings. The van der Waals surface area contributed by atoms with E-state index in [-0.39, 0.29) is 12.2 Å². The Morgan fingerprint density at radius 1 is 1.61 bits per heavy atom. The smallest absolute Gasteiger partial charge is 0.334 e. The van der Waals surface area contributed by atoms with Crippen LogP contribution in [0.5, 0.6) is 0 Å². The number of anilines is 1. The van der Waals surface area contributed by atoms with Crippen molar-refractivity contribution in [2.45, 2.75) is 13.0 Å². The summed E-state index contributed by atoms with van der Waals surface area (Å²) in [6, 6.07) is 4.64. The monoisotopic (exact) mass is 254 g/mol. The van der Waals surface area contributed by atoms with Gasteiger partial charge in [0.1, 0.15) is 5.69 Å². The summed E-state index contributed by atoms with van der Waals surface area (Å²) in [4.78, 5) is 21.1. The number of methoxy groups -OCH3 is 1. The average molecular weight is 254 g/mol. The van der Waals surface area contributed by atoms with Gasteiger partial charge < -0.3 is 15.2 Å². The highest BCUT2D eigenvalue weighted by Gasteiger charge is 2.20. The van der Waals surface area contributed by atoms with Crippen LogP contribution in [0.1, 0.15) is 5.56 Å². The molecule has 1 unspecified atom stereocenters. The number of aliphatic carboxylic acids is 1. The molecular formula is C11H14N2O5. The van der Waals surface area contributed by atoms with Gasteiger partial charge in [-0.25, -0.2) is 4.79 Å². The van der Waals surface area contributed by atoms with Gasteiger partial charge in [-0.05, 0) is 12.5 Å². The molecule has 1 atom stereocenters. The van der Waals surface area contributed by atoms with E-state index in [9.17, 15) is 14.9 Å². The summed E-state index contributed by atoms with van der Waals surface area (Å²) in [6.07, 6.45) is -1.05. The number of hydrogen-bond donors (Lipinski definition) is 2. The van der Waals surface area contributed by atoms with Crippen LogP contribution in [0.25, 0.3) is 0 Å². The van der Waals surface area contributed by atoms with E-state index in [4.69, 9.17) is 9.84 Å². The SMILES string of the molecule is COC(CNc1c(C)cccc1[N+](=O)[O-])C(=O)O. The number of benzene rings is 1. The van der Waals surface area contributed by atoms with Crippen LogP contribution >= 0.6 is 0 Å². The van der Waals surface area contributed by atoms with E-state index in [1.807, 2.05) is 0 Å². The third-order valence-electron chi connectivity index (χ3n) is 2.47. The van der Waals surface area contributed by atoms with Crippen LogP contribution in [0.15, 0.2) is 18.2 Å². The standard InChI is InChI=1S/C11H14N2O5/c1-7-4-3-5-8(13(16)17)10(7)12-6-9(18-2)11(14)15/h3-5,9,12H,6H2,1-2H3,(H,14,15). The van der Waals surface area contributed by atoms with Gasteiger partial charge in [-0.15, -0.1) is 0 Å². The van der Waals surface area contributed by atoms with E-state index in [1.165, 1.54) is 13.2 Å². The van der Waals surface area contributed by atoms with E-state index < -0.39 is 17.0 Å². The van der Waals surface area contributed by atoms with Gasteiger partial charge in [0.25, 0.3) is 5.69 Å². The topological polar surface area (TPSA) is 102 Å². The van der Waals surface area contributed by atoms with Gasteiger partial charge in [0.15, 0.2) is 6.10 Å². The largest absolute Gasteiger partial charge is 0.479 e. The number of carbonyl (C=O) groups is 1. The lowest BCUT2D eigenvalue weighted by molar-refractivity contribution is -0.384. The summed E-state index contributed by atoms with van der Waals surface area (Å²) >= 11 is 0. The first-order chi connectivity index (χ1) is 8.47. The second-order valence-electron chi connectivity index (χ2n) is 3.67. The molecular weight excluding hydrogens is 240 g/mol. The van der Waals surface area contributed by atoms with E-state index in [1.54, 1.807) is 19.1 Å². The minimum Gasteiger partial charge on any atom is -0.479 e. The Labute approximate surface area is 104 Å². The number of aryl methyl sites for hydroxylation is 1. The molecule has 1 aromatic carbocycles. The fourth-order valence-corrected chi connectivity index (χ4v) is 1.50. The van der Waals surface area contributed by atoms with Crippen molar-refractivity contribution in [2.24, 2.45) is 0 Å². The molecule has 98 valence electrons. The molecule has 0 amide bonds. The predicted octanol–water partition coefficient (Wildman–Crippen LogP) is 1.41. The van der Waals surface area contributed by atoms with Crippen LogP contribution in [-0.4, -0.2) is 35.8 Å². The number of carboxylic acid groups (broad SMARTS) is 1.